The molecule has 3 heteroatoms. The van der Waals surface area contributed by atoms with Gasteiger partial charge >= 0.3 is 0 Å². The van der Waals surface area contributed by atoms with Gasteiger partial charge in [0.1, 0.15) is 5.82 Å². The minimum atomic E-state index is -0.327. The van der Waals surface area contributed by atoms with Crippen LogP contribution in [-0.2, 0) is 24.2 Å². The lowest BCUT2D eigenvalue weighted by Gasteiger charge is -2.17. The van der Waals surface area contributed by atoms with Crippen molar-refractivity contribution >= 4 is 5.91 Å². The van der Waals surface area contributed by atoms with Gasteiger partial charge in [-0.2, -0.15) is 0 Å². The van der Waals surface area contributed by atoms with Crippen molar-refractivity contribution in [3.8, 4) is 0 Å². The molecule has 0 aromatic heterocycles. The van der Waals surface area contributed by atoms with E-state index in [-0.39, 0.29) is 18.1 Å². The molecule has 0 saturated carbocycles. The highest BCUT2D eigenvalue weighted by Crippen LogP contribution is 2.11. The number of nitrogens with zero attached hydrogens (tertiary/aromatic N) is 1. The number of likely N-dealkylation sites (N-methyl/N-ethyl adjacent to an activating group) is 1. The maximum atomic E-state index is 13.6. The fourth-order valence-electron chi connectivity index (χ4n) is 2.18. The SMILES string of the molecule is CCc1ccc(CN(C)C(=O)Cc2ccccc2F)cc1. The summed E-state index contributed by atoms with van der Waals surface area (Å²) in [6.07, 6.45) is 1.10. The number of carbonyl (C=O) groups excluding carboxylic acids is 1. The van der Waals surface area contributed by atoms with Crippen molar-refractivity contribution in [2.75, 3.05) is 7.05 Å². The molecule has 0 unspecified atom stereocenters. The molecule has 2 aromatic carbocycles. The van der Waals surface area contributed by atoms with E-state index in [0.717, 1.165) is 12.0 Å². The maximum Gasteiger partial charge on any atom is 0.227 e. The predicted octanol–water partition coefficient (Wildman–Crippen LogP) is 3.59. The largest absolute Gasteiger partial charge is 0.341 e. The zero-order valence-electron chi connectivity index (χ0n) is 12.5. The molecule has 0 bridgehead atoms. The minimum Gasteiger partial charge on any atom is -0.341 e. The first-order chi connectivity index (χ1) is 10.1. The third kappa shape index (κ3) is 4.15. The van der Waals surface area contributed by atoms with E-state index in [0.29, 0.717) is 12.1 Å². The van der Waals surface area contributed by atoms with Gasteiger partial charge in [0.2, 0.25) is 5.91 Å². The number of carbonyl (C=O) groups is 1. The molecule has 0 saturated heterocycles. The number of benzene rings is 2. The highest BCUT2D eigenvalue weighted by Gasteiger charge is 2.12. The second-order valence-corrected chi connectivity index (χ2v) is 5.19. The lowest BCUT2D eigenvalue weighted by atomic mass is 10.1. The Kier molecular flexibility index (Phi) is 5.09. The lowest BCUT2D eigenvalue weighted by molar-refractivity contribution is -0.129. The summed E-state index contributed by atoms with van der Waals surface area (Å²) in [6.45, 7) is 2.65. The van der Waals surface area contributed by atoms with Gasteiger partial charge in [-0.3, -0.25) is 4.79 Å². The Morgan fingerprint density at radius 3 is 2.29 bits per heavy atom. The highest BCUT2D eigenvalue weighted by atomic mass is 19.1. The Bertz CT molecular complexity index is 607. The molecule has 0 N–H and O–H groups in total. The Morgan fingerprint density at radius 2 is 1.67 bits per heavy atom. The molecular formula is C18H20FNO. The van der Waals surface area contributed by atoms with E-state index < -0.39 is 0 Å². The molecule has 0 radical (unpaired) electrons. The second kappa shape index (κ2) is 7.02. The Labute approximate surface area is 125 Å². The molecule has 21 heavy (non-hydrogen) atoms. The average Bonchev–Trinajstić information content (AvgIpc) is 2.50. The van der Waals surface area contributed by atoms with Crippen LogP contribution in [0.2, 0.25) is 0 Å². The topological polar surface area (TPSA) is 20.3 Å². The molecule has 0 fully saturated rings. The first-order valence-corrected chi connectivity index (χ1v) is 7.15. The molecule has 2 aromatic rings. The van der Waals surface area contributed by atoms with Crippen molar-refractivity contribution in [1.29, 1.82) is 0 Å². The van der Waals surface area contributed by atoms with E-state index in [1.165, 1.54) is 11.6 Å². The normalized spacial score (nSPS) is 10.4. The van der Waals surface area contributed by atoms with Crippen molar-refractivity contribution in [1.82, 2.24) is 4.90 Å². The first kappa shape index (κ1) is 15.2. The van der Waals surface area contributed by atoms with Crippen LogP contribution in [0.3, 0.4) is 0 Å². The average molecular weight is 285 g/mol. The van der Waals surface area contributed by atoms with Gasteiger partial charge < -0.3 is 4.90 Å². The maximum absolute atomic E-state index is 13.6. The number of amides is 1. The van der Waals surface area contributed by atoms with Crippen LogP contribution in [0.1, 0.15) is 23.6 Å². The Balaban J connectivity index is 1.97. The summed E-state index contributed by atoms with van der Waals surface area (Å²) in [4.78, 5) is 13.8. The van der Waals surface area contributed by atoms with E-state index in [1.54, 1.807) is 30.1 Å². The van der Waals surface area contributed by atoms with Crippen molar-refractivity contribution < 1.29 is 9.18 Å². The summed E-state index contributed by atoms with van der Waals surface area (Å²) >= 11 is 0. The van der Waals surface area contributed by atoms with Gasteiger partial charge in [-0.1, -0.05) is 49.4 Å². The monoisotopic (exact) mass is 285 g/mol. The molecule has 2 nitrogen and oxygen atoms in total. The summed E-state index contributed by atoms with van der Waals surface area (Å²) in [5.74, 6) is -0.411. The van der Waals surface area contributed by atoms with Crippen LogP contribution < -0.4 is 0 Å². The van der Waals surface area contributed by atoms with Crippen LogP contribution in [0.5, 0.6) is 0 Å². The molecule has 0 aliphatic heterocycles. The van der Waals surface area contributed by atoms with Gasteiger partial charge in [0.25, 0.3) is 0 Å². The number of halogens is 1. The smallest absolute Gasteiger partial charge is 0.227 e. The zero-order chi connectivity index (χ0) is 15.2. The van der Waals surface area contributed by atoms with Crippen LogP contribution in [0, 0.1) is 5.82 Å². The van der Waals surface area contributed by atoms with E-state index in [1.807, 2.05) is 12.1 Å². The molecular weight excluding hydrogens is 265 g/mol. The van der Waals surface area contributed by atoms with Gasteiger partial charge in [0.05, 0.1) is 6.42 Å². The number of hydrogen-bond donors (Lipinski definition) is 0. The molecule has 0 aliphatic carbocycles. The number of aryl methyl sites for hydroxylation is 1. The summed E-state index contributed by atoms with van der Waals surface area (Å²) < 4.78 is 13.6. The van der Waals surface area contributed by atoms with Crippen LogP contribution in [0.15, 0.2) is 48.5 Å². The fourth-order valence-corrected chi connectivity index (χ4v) is 2.18. The number of hydrogen-bond acceptors (Lipinski definition) is 1. The molecule has 0 atom stereocenters. The molecule has 0 aliphatic rings. The summed E-state index contributed by atoms with van der Waals surface area (Å²) in [5, 5.41) is 0. The van der Waals surface area contributed by atoms with Crippen LogP contribution >= 0.6 is 0 Å². The molecule has 110 valence electrons. The highest BCUT2D eigenvalue weighted by molar-refractivity contribution is 5.78. The fraction of sp³-hybridized carbons (Fsp3) is 0.278. The second-order valence-electron chi connectivity index (χ2n) is 5.19. The van der Waals surface area contributed by atoms with Crippen molar-refractivity contribution in [2.24, 2.45) is 0 Å². The van der Waals surface area contributed by atoms with Gasteiger partial charge in [-0.15, -0.1) is 0 Å². The van der Waals surface area contributed by atoms with E-state index in [4.69, 9.17) is 0 Å². The van der Waals surface area contributed by atoms with Crippen molar-refractivity contribution in [3.63, 3.8) is 0 Å². The van der Waals surface area contributed by atoms with Crippen LogP contribution in [0.4, 0.5) is 4.39 Å². The lowest BCUT2D eigenvalue weighted by Crippen LogP contribution is -2.28. The van der Waals surface area contributed by atoms with E-state index >= 15 is 0 Å². The first-order valence-electron chi connectivity index (χ1n) is 7.15. The number of rotatable bonds is 5. The summed E-state index contributed by atoms with van der Waals surface area (Å²) in [5.41, 5.74) is 2.80. The van der Waals surface area contributed by atoms with Crippen LogP contribution in [-0.4, -0.2) is 17.9 Å². The summed E-state index contributed by atoms with van der Waals surface area (Å²) in [6, 6.07) is 14.6. The van der Waals surface area contributed by atoms with Gasteiger partial charge in [0.15, 0.2) is 0 Å². The van der Waals surface area contributed by atoms with E-state index in [9.17, 15) is 9.18 Å². The standard InChI is InChI=1S/C18H20FNO/c1-3-14-8-10-15(11-9-14)13-20(2)18(21)12-16-6-4-5-7-17(16)19/h4-11H,3,12-13H2,1-2H3. The molecule has 1 amide bonds. The van der Waals surface area contributed by atoms with Gasteiger partial charge in [-0.25, -0.2) is 4.39 Å². The predicted molar refractivity (Wildman–Crippen MR) is 82.4 cm³/mol. The minimum absolute atomic E-state index is 0.0836. The summed E-state index contributed by atoms with van der Waals surface area (Å²) in [7, 11) is 1.75. The molecule has 0 spiro atoms. The van der Waals surface area contributed by atoms with Crippen molar-refractivity contribution in [3.05, 3.63) is 71.0 Å². The van der Waals surface area contributed by atoms with Crippen LogP contribution in [0.25, 0.3) is 0 Å². The van der Waals surface area contributed by atoms with Gasteiger partial charge in [0, 0.05) is 13.6 Å². The van der Waals surface area contributed by atoms with E-state index in [2.05, 4.69) is 19.1 Å². The third-order valence-electron chi connectivity index (χ3n) is 3.58. The third-order valence-corrected chi connectivity index (χ3v) is 3.58. The zero-order valence-corrected chi connectivity index (χ0v) is 12.5. The van der Waals surface area contributed by atoms with Crippen molar-refractivity contribution in [2.45, 2.75) is 26.3 Å². The Morgan fingerprint density at radius 1 is 1.05 bits per heavy atom. The molecule has 2 rings (SSSR count). The quantitative estimate of drug-likeness (QED) is 0.822. The Hall–Kier alpha value is -2.16. The molecule has 0 heterocycles. The van der Waals surface area contributed by atoms with Gasteiger partial charge in [-0.05, 0) is 29.2 Å².